The van der Waals surface area contributed by atoms with Crippen LogP contribution in [0.5, 0.6) is 0 Å². The van der Waals surface area contributed by atoms with Crippen LogP contribution < -0.4 is 16.0 Å². The molecule has 0 radical (unpaired) electrons. The lowest BCUT2D eigenvalue weighted by molar-refractivity contribution is 0.601. The number of nitrogens with one attached hydrogen (secondary N) is 2. The van der Waals surface area contributed by atoms with Crippen molar-refractivity contribution < 1.29 is 8.42 Å². The molecule has 3 aromatic heterocycles. The van der Waals surface area contributed by atoms with Crippen molar-refractivity contribution in [1.82, 2.24) is 19.5 Å². The summed E-state index contributed by atoms with van der Waals surface area (Å²) in [6.07, 6.45) is 2.54. The van der Waals surface area contributed by atoms with Crippen LogP contribution in [0.3, 0.4) is 0 Å². The van der Waals surface area contributed by atoms with E-state index in [1.165, 1.54) is 13.2 Å². The first-order chi connectivity index (χ1) is 10.4. The van der Waals surface area contributed by atoms with E-state index in [4.69, 9.17) is 0 Å². The van der Waals surface area contributed by atoms with Crippen LogP contribution in [0, 0.1) is 0 Å². The maximum atomic E-state index is 12.2. The molecule has 0 saturated carbocycles. The fourth-order valence-corrected chi connectivity index (χ4v) is 3.57. The van der Waals surface area contributed by atoms with Crippen LogP contribution in [-0.4, -0.2) is 27.9 Å². The molecule has 114 valence electrons. The van der Waals surface area contributed by atoms with Gasteiger partial charge in [0.15, 0.2) is 5.13 Å². The van der Waals surface area contributed by atoms with E-state index in [9.17, 15) is 18.0 Å². The van der Waals surface area contributed by atoms with Gasteiger partial charge in [0.1, 0.15) is 10.5 Å². The number of H-pyrrole nitrogens is 1. The molecule has 0 spiro atoms. The number of sulfonamides is 1. The molecule has 3 heterocycles. The number of thiazole rings is 1. The molecule has 0 atom stereocenters. The lowest BCUT2D eigenvalue weighted by Gasteiger charge is -2.07. The van der Waals surface area contributed by atoms with Gasteiger partial charge in [0.2, 0.25) is 0 Å². The van der Waals surface area contributed by atoms with Crippen LogP contribution in [0.2, 0.25) is 0 Å². The van der Waals surface area contributed by atoms with Gasteiger partial charge < -0.3 is 0 Å². The van der Waals surface area contributed by atoms with Crippen LogP contribution in [0.25, 0.3) is 11.0 Å². The molecule has 0 fully saturated rings. The van der Waals surface area contributed by atoms with Gasteiger partial charge in [0, 0.05) is 24.8 Å². The zero-order valence-electron chi connectivity index (χ0n) is 11.1. The highest BCUT2D eigenvalue weighted by Crippen LogP contribution is 2.18. The Labute approximate surface area is 127 Å². The third kappa shape index (κ3) is 2.40. The second-order valence-electron chi connectivity index (χ2n) is 4.30. The Kier molecular flexibility index (Phi) is 3.30. The van der Waals surface area contributed by atoms with Crippen LogP contribution in [0.15, 0.2) is 38.3 Å². The van der Waals surface area contributed by atoms with Crippen molar-refractivity contribution in [3.8, 4) is 0 Å². The maximum absolute atomic E-state index is 12.2. The van der Waals surface area contributed by atoms with Crippen molar-refractivity contribution in [3.05, 3.63) is 44.7 Å². The number of aryl methyl sites for hydroxylation is 1. The SMILES string of the molecule is Cn1c(=O)[nH]c(=O)c2cc(S(=O)(=O)Nc3nccs3)cnc21. The van der Waals surface area contributed by atoms with E-state index >= 15 is 0 Å². The third-order valence-electron chi connectivity index (χ3n) is 2.89. The van der Waals surface area contributed by atoms with E-state index in [-0.39, 0.29) is 21.1 Å². The number of aromatic nitrogens is 4. The van der Waals surface area contributed by atoms with Crippen LogP contribution in [0.4, 0.5) is 5.13 Å². The van der Waals surface area contributed by atoms with Crippen molar-refractivity contribution >= 4 is 37.5 Å². The number of fused-ring (bicyclic) bond motifs is 1. The maximum Gasteiger partial charge on any atom is 0.329 e. The number of hydrogen-bond acceptors (Lipinski definition) is 7. The summed E-state index contributed by atoms with van der Waals surface area (Å²) in [5, 5.41) is 1.83. The van der Waals surface area contributed by atoms with Crippen LogP contribution >= 0.6 is 11.3 Å². The van der Waals surface area contributed by atoms with Gasteiger partial charge in [-0.3, -0.25) is 19.1 Å². The van der Waals surface area contributed by atoms with Gasteiger partial charge in [-0.1, -0.05) is 0 Å². The normalized spacial score (nSPS) is 11.7. The number of pyridine rings is 1. The van der Waals surface area contributed by atoms with E-state index in [2.05, 4.69) is 19.7 Å². The predicted molar refractivity (Wildman–Crippen MR) is 80.5 cm³/mol. The first-order valence-electron chi connectivity index (χ1n) is 5.90. The van der Waals surface area contributed by atoms with Crippen molar-refractivity contribution in [1.29, 1.82) is 0 Å². The monoisotopic (exact) mass is 339 g/mol. The van der Waals surface area contributed by atoms with E-state index in [1.807, 2.05) is 0 Å². The molecule has 0 aliphatic heterocycles. The lowest BCUT2D eigenvalue weighted by atomic mass is 10.3. The summed E-state index contributed by atoms with van der Waals surface area (Å²) in [7, 11) is -2.49. The molecule has 0 aliphatic rings. The molecule has 2 N–H and O–H groups in total. The van der Waals surface area contributed by atoms with Crippen molar-refractivity contribution in [2.45, 2.75) is 4.90 Å². The molecule has 0 amide bonds. The molecule has 0 aliphatic carbocycles. The zero-order valence-corrected chi connectivity index (χ0v) is 12.7. The molecule has 0 bridgehead atoms. The molecule has 9 nitrogen and oxygen atoms in total. The molecule has 0 unspecified atom stereocenters. The summed E-state index contributed by atoms with van der Waals surface area (Å²) in [4.78, 5) is 32.9. The topological polar surface area (TPSA) is 127 Å². The first kappa shape index (κ1) is 14.4. The average molecular weight is 339 g/mol. The third-order valence-corrected chi connectivity index (χ3v) is 5.02. The van der Waals surface area contributed by atoms with Gasteiger partial charge in [-0.05, 0) is 6.07 Å². The van der Waals surface area contributed by atoms with Gasteiger partial charge in [-0.25, -0.2) is 23.2 Å². The minimum atomic E-state index is -3.92. The quantitative estimate of drug-likeness (QED) is 0.685. The molecule has 0 saturated heterocycles. The van der Waals surface area contributed by atoms with E-state index in [0.29, 0.717) is 0 Å². The number of nitrogens with zero attached hydrogens (tertiary/aromatic N) is 3. The molecule has 3 rings (SSSR count). The van der Waals surface area contributed by atoms with Gasteiger partial charge in [0.25, 0.3) is 15.6 Å². The predicted octanol–water partition coefficient (Wildman–Crippen LogP) is -0.121. The minimum Gasteiger partial charge on any atom is -0.281 e. The largest absolute Gasteiger partial charge is 0.329 e. The van der Waals surface area contributed by atoms with E-state index < -0.39 is 21.3 Å². The summed E-state index contributed by atoms with van der Waals surface area (Å²) in [6.45, 7) is 0. The second kappa shape index (κ2) is 5.03. The Bertz CT molecular complexity index is 1070. The Morgan fingerprint density at radius 1 is 1.32 bits per heavy atom. The number of aromatic amines is 1. The Morgan fingerprint density at radius 3 is 2.77 bits per heavy atom. The number of rotatable bonds is 3. The fourth-order valence-electron chi connectivity index (χ4n) is 1.81. The number of anilines is 1. The second-order valence-corrected chi connectivity index (χ2v) is 6.88. The molecule has 3 aromatic rings. The van der Waals surface area contributed by atoms with Gasteiger partial charge in [0.05, 0.1) is 5.39 Å². The molecule has 22 heavy (non-hydrogen) atoms. The Balaban J connectivity index is 2.17. The van der Waals surface area contributed by atoms with E-state index in [0.717, 1.165) is 28.2 Å². The van der Waals surface area contributed by atoms with E-state index in [1.54, 1.807) is 5.38 Å². The zero-order chi connectivity index (χ0) is 15.9. The highest BCUT2D eigenvalue weighted by Gasteiger charge is 2.18. The summed E-state index contributed by atoms with van der Waals surface area (Å²) < 4.78 is 27.9. The fraction of sp³-hybridized carbons (Fsp3) is 0.0909. The molecular formula is C11H9N5O4S2. The highest BCUT2D eigenvalue weighted by molar-refractivity contribution is 7.93. The Hall–Kier alpha value is -2.53. The number of hydrogen-bond donors (Lipinski definition) is 2. The Morgan fingerprint density at radius 2 is 2.09 bits per heavy atom. The van der Waals surface area contributed by atoms with Crippen LogP contribution in [0.1, 0.15) is 0 Å². The smallest absolute Gasteiger partial charge is 0.281 e. The summed E-state index contributed by atoms with van der Waals surface area (Å²) in [5.74, 6) is 0. The highest BCUT2D eigenvalue weighted by atomic mass is 32.2. The van der Waals surface area contributed by atoms with Crippen LogP contribution in [-0.2, 0) is 17.1 Å². The van der Waals surface area contributed by atoms with Gasteiger partial charge in [-0.2, -0.15) is 0 Å². The molecular weight excluding hydrogens is 330 g/mol. The molecule has 0 aromatic carbocycles. The van der Waals surface area contributed by atoms with Crippen molar-refractivity contribution in [2.75, 3.05) is 4.72 Å². The standard InChI is InChI=1S/C11H9N5O4S2/c1-16-8-7(9(17)14-11(16)18)4-6(5-13-8)22(19,20)15-10-12-2-3-21-10/h2-5H,1H3,(H,12,15)(H,14,17,18). The lowest BCUT2D eigenvalue weighted by Crippen LogP contribution is -2.29. The average Bonchev–Trinajstić information content (AvgIpc) is 2.96. The summed E-state index contributed by atoms with van der Waals surface area (Å²) in [5.41, 5.74) is -1.22. The first-order valence-corrected chi connectivity index (χ1v) is 8.26. The van der Waals surface area contributed by atoms with Crippen molar-refractivity contribution in [3.63, 3.8) is 0 Å². The van der Waals surface area contributed by atoms with Gasteiger partial charge in [-0.15, -0.1) is 11.3 Å². The summed E-state index contributed by atoms with van der Waals surface area (Å²) >= 11 is 1.12. The summed E-state index contributed by atoms with van der Waals surface area (Å²) in [6, 6.07) is 1.16. The van der Waals surface area contributed by atoms with Crippen molar-refractivity contribution in [2.24, 2.45) is 7.05 Å². The molecule has 11 heteroatoms. The minimum absolute atomic E-state index is 0.00381. The van der Waals surface area contributed by atoms with Gasteiger partial charge >= 0.3 is 5.69 Å².